The van der Waals surface area contributed by atoms with Gasteiger partial charge in [-0.05, 0) is 6.07 Å². The minimum absolute atomic E-state index is 0.0854. The first-order chi connectivity index (χ1) is 15.7. The van der Waals surface area contributed by atoms with Crippen molar-refractivity contribution in [1.29, 1.82) is 0 Å². The Labute approximate surface area is 183 Å². The van der Waals surface area contributed by atoms with Crippen molar-refractivity contribution in [3.63, 3.8) is 0 Å². The number of para-hydroxylation sites is 1. The smallest absolute Gasteiger partial charge is 0.275 e. The number of aromatic nitrogens is 1. The number of carbonyl (C=O) groups excluding carboxylic acids is 2. The van der Waals surface area contributed by atoms with Crippen LogP contribution in [0.2, 0.25) is 0 Å². The van der Waals surface area contributed by atoms with E-state index in [2.05, 4.69) is 20.6 Å². The third-order valence-corrected chi connectivity index (χ3v) is 5.08. The molecule has 1 aliphatic rings. The highest BCUT2D eigenvalue weighted by atomic mass is 16.3. The van der Waals surface area contributed by atoms with Crippen molar-refractivity contribution in [2.45, 2.75) is 6.17 Å². The van der Waals surface area contributed by atoms with Crippen molar-refractivity contribution in [2.24, 2.45) is 4.99 Å². The number of hydrogen-bond donors (Lipinski definition) is 2. The fourth-order valence-electron chi connectivity index (χ4n) is 3.58. The fourth-order valence-corrected chi connectivity index (χ4v) is 3.58. The van der Waals surface area contributed by atoms with Crippen molar-refractivity contribution < 1.29 is 14.0 Å². The molecule has 32 heavy (non-hydrogen) atoms. The Morgan fingerprint density at radius 2 is 1.53 bits per heavy atom. The Balaban J connectivity index is 1.51. The van der Waals surface area contributed by atoms with Gasteiger partial charge in [-0.15, -0.1) is 0 Å². The first-order valence-electron chi connectivity index (χ1n) is 10.0. The van der Waals surface area contributed by atoms with Gasteiger partial charge in [-0.1, -0.05) is 78.9 Å². The summed E-state index contributed by atoms with van der Waals surface area (Å²) in [5, 5.41) is 5.55. The molecule has 7 nitrogen and oxygen atoms in total. The maximum Gasteiger partial charge on any atom is 0.275 e. The van der Waals surface area contributed by atoms with Crippen molar-refractivity contribution in [1.82, 2.24) is 10.3 Å². The third kappa shape index (κ3) is 3.67. The Hall–Kier alpha value is -4.52. The molecule has 0 saturated heterocycles. The molecular formula is C25H18N4O3. The standard InChI is InChI=1S/C25H18N4O3/c30-24(21-22(32-15-26-21)17-11-5-2-6-12-17)29-23-25(31)27-19-14-8-7-13-18(19)20(28-23)16-9-3-1-4-10-16/h1-15,23H,(H,27,31)(H,29,30). The maximum atomic E-state index is 13.1. The number of aliphatic imine (C=N–C) groups is 1. The molecule has 0 aliphatic carbocycles. The molecule has 4 aromatic rings. The number of hydrogen-bond acceptors (Lipinski definition) is 5. The second kappa shape index (κ2) is 8.31. The SMILES string of the molecule is O=C(NC1N=C(c2ccccc2)c2ccccc2NC1=O)c1ncoc1-c1ccccc1. The number of oxazole rings is 1. The topological polar surface area (TPSA) is 96.6 Å². The van der Waals surface area contributed by atoms with Crippen molar-refractivity contribution in [3.05, 3.63) is 108 Å². The van der Waals surface area contributed by atoms with E-state index in [9.17, 15) is 9.59 Å². The second-order valence-corrected chi connectivity index (χ2v) is 7.15. The molecule has 0 saturated carbocycles. The van der Waals surface area contributed by atoms with Crippen LogP contribution in [0.1, 0.15) is 21.6 Å². The second-order valence-electron chi connectivity index (χ2n) is 7.15. The van der Waals surface area contributed by atoms with Crippen molar-refractivity contribution in [3.8, 4) is 11.3 Å². The predicted molar refractivity (Wildman–Crippen MR) is 120 cm³/mol. The van der Waals surface area contributed by atoms with Gasteiger partial charge in [0.15, 0.2) is 17.8 Å². The van der Waals surface area contributed by atoms with Gasteiger partial charge in [0, 0.05) is 16.7 Å². The van der Waals surface area contributed by atoms with E-state index in [0.717, 1.165) is 11.1 Å². The average molecular weight is 422 g/mol. The molecule has 1 aliphatic heterocycles. The molecule has 3 aromatic carbocycles. The summed E-state index contributed by atoms with van der Waals surface area (Å²) in [6.45, 7) is 0. The van der Waals surface area contributed by atoms with Crippen LogP contribution in [0.25, 0.3) is 11.3 Å². The molecule has 2 heterocycles. The third-order valence-electron chi connectivity index (χ3n) is 5.08. The lowest BCUT2D eigenvalue weighted by molar-refractivity contribution is -0.117. The number of benzene rings is 3. The average Bonchev–Trinajstić information content (AvgIpc) is 3.28. The molecule has 2 amide bonds. The molecule has 1 atom stereocenters. The Bertz CT molecular complexity index is 1310. The van der Waals surface area contributed by atoms with Gasteiger partial charge in [-0.25, -0.2) is 9.98 Å². The van der Waals surface area contributed by atoms with Gasteiger partial charge >= 0.3 is 0 Å². The number of anilines is 1. The van der Waals surface area contributed by atoms with E-state index < -0.39 is 18.0 Å². The summed E-state index contributed by atoms with van der Waals surface area (Å²) in [7, 11) is 0. The highest BCUT2D eigenvalue weighted by molar-refractivity contribution is 6.20. The number of rotatable bonds is 4. The van der Waals surface area contributed by atoms with Crippen LogP contribution >= 0.6 is 0 Å². The lowest BCUT2D eigenvalue weighted by Gasteiger charge is -2.13. The normalized spacial score (nSPS) is 15.2. The van der Waals surface area contributed by atoms with Crippen LogP contribution in [0.3, 0.4) is 0 Å². The first-order valence-corrected chi connectivity index (χ1v) is 10.0. The molecule has 156 valence electrons. The molecule has 7 heteroatoms. The summed E-state index contributed by atoms with van der Waals surface area (Å²) in [4.78, 5) is 34.7. The molecule has 1 aromatic heterocycles. The number of fused-ring (bicyclic) bond motifs is 1. The van der Waals surface area contributed by atoms with Crippen LogP contribution in [0.4, 0.5) is 5.69 Å². The molecular weight excluding hydrogens is 404 g/mol. The molecule has 0 radical (unpaired) electrons. The summed E-state index contributed by atoms with van der Waals surface area (Å²) >= 11 is 0. The van der Waals surface area contributed by atoms with Crippen molar-refractivity contribution >= 4 is 23.2 Å². The first kappa shape index (κ1) is 19.4. The van der Waals surface area contributed by atoms with Crippen LogP contribution in [0.15, 0.2) is 101 Å². The number of benzodiazepines with no additional fused rings is 1. The molecule has 0 spiro atoms. The Morgan fingerprint density at radius 1 is 0.875 bits per heavy atom. The summed E-state index contributed by atoms with van der Waals surface area (Å²) in [6, 6.07) is 26.1. The van der Waals surface area contributed by atoms with Crippen LogP contribution < -0.4 is 10.6 Å². The van der Waals surface area contributed by atoms with Crippen LogP contribution in [-0.2, 0) is 4.79 Å². The number of amides is 2. The zero-order chi connectivity index (χ0) is 21.9. The highest BCUT2D eigenvalue weighted by Crippen LogP contribution is 2.25. The Kier molecular flexibility index (Phi) is 5.05. The van der Waals surface area contributed by atoms with Crippen LogP contribution in [0.5, 0.6) is 0 Å². The van der Waals surface area contributed by atoms with Crippen LogP contribution in [0, 0.1) is 0 Å². The molecule has 0 bridgehead atoms. The molecule has 5 rings (SSSR count). The molecule has 1 unspecified atom stereocenters. The van der Waals surface area contributed by atoms with E-state index in [1.54, 1.807) is 6.07 Å². The zero-order valence-electron chi connectivity index (χ0n) is 16.9. The highest BCUT2D eigenvalue weighted by Gasteiger charge is 2.29. The van der Waals surface area contributed by atoms with Gasteiger partial charge in [0.05, 0.1) is 11.4 Å². The molecule has 0 fully saturated rings. The lowest BCUT2D eigenvalue weighted by Crippen LogP contribution is -2.42. The van der Waals surface area contributed by atoms with E-state index in [0.29, 0.717) is 22.7 Å². The quantitative estimate of drug-likeness (QED) is 0.522. The van der Waals surface area contributed by atoms with Gasteiger partial charge in [0.2, 0.25) is 6.17 Å². The molecule has 2 N–H and O–H groups in total. The van der Waals surface area contributed by atoms with E-state index in [4.69, 9.17) is 4.42 Å². The monoisotopic (exact) mass is 422 g/mol. The minimum Gasteiger partial charge on any atom is -0.443 e. The minimum atomic E-state index is -1.15. The number of nitrogens with zero attached hydrogens (tertiary/aromatic N) is 2. The summed E-state index contributed by atoms with van der Waals surface area (Å²) in [5.74, 6) is -0.672. The van der Waals surface area contributed by atoms with Crippen LogP contribution in [-0.4, -0.2) is 28.7 Å². The zero-order valence-corrected chi connectivity index (χ0v) is 16.9. The number of nitrogens with one attached hydrogen (secondary N) is 2. The Morgan fingerprint density at radius 3 is 2.28 bits per heavy atom. The maximum absolute atomic E-state index is 13.1. The fraction of sp³-hybridized carbons (Fsp3) is 0.0400. The van der Waals surface area contributed by atoms with Gasteiger partial charge in [0.25, 0.3) is 11.8 Å². The lowest BCUT2D eigenvalue weighted by atomic mass is 10.0. The van der Waals surface area contributed by atoms with Crippen molar-refractivity contribution in [2.75, 3.05) is 5.32 Å². The summed E-state index contributed by atoms with van der Waals surface area (Å²) in [6.07, 6.45) is 0.0595. The number of carbonyl (C=O) groups is 2. The van der Waals surface area contributed by atoms with Gasteiger partial charge in [0.1, 0.15) is 0 Å². The predicted octanol–water partition coefficient (Wildman–Crippen LogP) is 3.89. The van der Waals surface area contributed by atoms with Gasteiger partial charge in [-0.3, -0.25) is 9.59 Å². The van der Waals surface area contributed by atoms with E-state index in [-0.39, 0.29) is 5.69 Å². The largest absolute Gasteiger partial charge is 0.443 e. The van der Waals surface area contributed by atoms with E-state index in [1.807, 2.05) is 78.9 Å². The van der Waals surface area contributed by atoms with E-state index >= 15 is 0 Å². The van der Waals surface area contributed by atoms with Gasteiger partial charge < -0.3 is 15.1 Å². The van der Waals surface area contributed by atoms with Gasteiger partial charge in [-0.2, -0.15) is 0 Å². The summed E-state index contributed by atoms with van der Waals surface area (Å²) in [5.41, 5.74) is 3.64. The summed E-state index contributed by atoms with van der Waals surface area (Å²) < 4.78 is 5.45. The van der Waals surface area contributed by atoms with E-state index in [1.165, 1.54) is 6.39 Å².